The summed E-state index contributed by atoms with van der Waals surface area (Å²) in [6, 6.07) is 4.50. The highest BCUT2D eigenvalue weighted by molar-refractivity contribution is 5.84. The molecule has 0 atom stereocenters. The number of phenolic OH excluding ortho intramolecular Hbond substituents is 1. The van der Waals surface area contributed by atoms with Crippen LogP contribution in [-0.2, 0) is 4.79 Å². The number of hydrogen-bond donors (Lipinski definition) is 1. The number of carbonyl (C=O) groups is 1. The lowest BCUT2D eigenvalue weighted by molar-refractivity contribution is -0.134. The number of esters is 1. The van der Waals surface area contributed by atoms with Gasteiger partial charge in [0.15, 0.2) is 0 Å². The van der Waals surface area contributed by atoms with Crippen LogP contribution in [0.15, 0.2) is 27.4 Å². The Morgan fingerprint density at radius 1 is 1.17 bits per heavy atom. The molecule has 24 heavy (non-hydrogen) atoms. The van der Waals surface area contributed by atoms with E-state index in [9.17, 15) is 14.7 Å². The zero-order valence-corrected chi connectivity index (χ0v) is 14.3. The fraction of sp³-hybridized carbons (Fsp3) is 0.474. The number of phenols is 1. The SMILES string of the molecule is CCCCCCCCC(=O)Oc1c(C)c2ccc(O)cc2oc1=O. The molecule has 5 heteroatoms. The first-order valence-electron chi connectivity index (χ1n) is 8.50. The second kappa shape index (κ2) is 8.52. The molecule has 0 amide bonds. The van der Waals surface area contributed by atoms with Gasteiger partial charge in [-0.05, 0) is 25.5 Å². The second-order valence-corrected chi connectivity index (χ2v) is 6.02. The van der Waals surface area contributed by atoms with Gasteiger partial charge in [0, 0.05) is 23.4 Å². The van der Waals surface area contributed by atoms with Crippen LogP contribution in [0.5, 0.6) is 11.5 Å². The Kier molecular flexibility index (Phi) is 6.41. The summed E-state index contributed by atoms with van der Waals surface area (Å²) in [7, 11) is 0. The van der Waals surface area contributed by atoms with Gasteiger partial charge in [0.25, 0.3) is 0 Å². The number of rotatable bonds is 8. The standard InChI is InChI=1S/C19H24O5/c1-3-4-5-6-7-8-9-17(21)24-18-13(2)15-11-10-14(20)12-16(15)23-19(18)22/h10-12,20H,3-9H2,1-2H3. The number of aromatic hydroxyl groups is 1. The molecule has 2 aromatic rings. The zero-order chi connectivity index (χ0) is 17.5. The van der Waals surface area contributed by atoms with Crippen molar-refractivity contribution in [3.05, 3.63) is 34.2 Å². The Morgan fingerprint density at radius 3 is 2.62 bits per heavy atom. The van der Waals surface area contributed by atoms with E-state index in [0.29, 0.717) is 17.4 Å². The van der Waals surface area contributed by atoms with Crippen molar-refractivity contribution in [2.75, 3.05) is 0 Å². The smallest absolute Gasteiger partial charge is 0.380 e. The maximum Gasteiger partial charge on any atom is 0.380 e. The van der Waals surface area contributed by atoms with Crippen molar-refractivity contribution in [2.45, 2.75) is 58.8 Å². The first kappa shape index (κ1) is 18.0. The van der Waals surface area contributed by atoms with Crippen LogP contribution in [0.1, 0.15) is 57.4 Å². The highest BCUT2D eigenvalue weighted by atomic mass is 16.5. The fourth-order valence-corrected chi connectivity index (χ4v) is 2.66. The van der Waals surface area contributed by atoms with Crippen molar-refractivity contribution >= 4 is 16.9 Å². The number of fused-ring (bicyclic) bond motifs is 1. The van der Waals surface area contributed by atoms with Crippen LogP contribution in [0.3, 0.4) is 0 Å². The molecule has 0 unspecified atom stereocenters. The molecule has 0 aliphatic rings. The lowest BCUT2D eigenvalue weighted by Crippen LogP contribution is -2.15. The molecule has 0 spiro atoms. The van der Waals surface area contributed by atoms with E-state index in [-0.39, 0.29) is 17.1 Å². The lowest BCUT2D eigenvalue weighted by atomic mass is 10.1. The van der Waals surface area contributed by atoms with E-state index in [1.165, 1.54) is 31.4 Å². The maximum atomic E-state index is 12.0. The molecular weight excluding hydrogens is 308 g/mol. The normalized spacial score (nSPS) is 10.9. The molecule has 0 radical (unpaired) electrons. The molecule has 1 N–H and O–H groups in total. The maximum absolute atomic E-state index is 12.0. The molecule has 0 fully saturated rings. The molecular formula is C19H24O5. The van der Waals surface area contributed by atoms with E-state index >= 15 is 0 Å². The molecule has 1 aromatic heterocycles. The minimum atomic E-state index is -0.707. The van der Waals surface area contributed by atoms with Gasteiger partial charge in [-0.2, -0.15) is 0 Å². The summed E-state index contributed by atoms with van der Waals surface area (Å²) in [4.78, 5) is 24.0. The van der Waals surface area contributed by atoms with Crippen molar-refractivity contribution < 1.29 is 19.1 Å². The van der Waals surface area contributed by atoms with E-state index in [1.54, 1.807) is 13.0 Å². The van der Waals surface area contributed by atoms with Gasteiger partial charge in [0.05, 0.1) is 0 Å². The Balaban J connectivity index is 2.00. The number of carbonyl (C=O) groups excluding carboxylic acids is 1. The fourth-order valence-electron chi connectivity index (χ4n) is 2.66. The van der Waals surface area contributed by atoms with Crippen LogP contribution < -0.4 is 10.4 Å². The lowest BCUT2D eigenvalue weighted by Gasteiger charge is -2.08. The first-order valence-corrected chi connectivity index (χ1v) is 8.50. The molecule has 1 aromatic carbocycles. The molecule has 0 bridgehead atoms. The van der Waals surface area contributed by atoms with Gasteiger partial charge in [-0.1, -0.05) is 39.0 Å². The summed E-state index contributed by atoms with van der Waals surface area (Å²) >= 11 is 0. The van der Waals surface area contributed by atoms with Gasteiger partial charge in [-0.15, -0.1) is 0 Å². The highest BCUT2D eigenvalue weighted by Crippen LogP contribution is 2.26. The monoisotopic (exact) mass is 332 g/mol. The minimum Gasteiger partial charge on any atom is -0.508 e. The molecule has 2 rings (SSSR count). The van der Waals surface area contributed by atoms with Gasteiger partial charge in [0.1, 0.15) is 11.3 Å². The van der Waals surface area contributed by atoms with Gasteiger partial charge >= 0.3 is 11.6 Å². The number of benzene rings is 1. The third-order valence-corrected chi connectivity index (χ3v) is 4.05. The molecule has 1 heterocycles. The van der Waals surface area contributed by atoms with E-state index in [0.717, 1.165) is 19.3 Å². The summed E-state index contributed by atoms with van der Waals surface area (Å²) in [6.45, 7) is 3.86. The van der Waals surface area contributed by atoms with Crippen molar-refractivity contribution in [2.24, 2.45) is 0 Å². The number of ether oxygens (including phenoxy) is 1. The van der Waals surface area contributed by atoms with Gasteiger partial charge in [-0.3, -0.25) is 4.79 Å². The molecule has 0 aliphatic heterocycles. The van der Waals surface area contributed by atoms with Crippen molar-refractivity contribution in [1.29, 1.82) is 0 Å². The third-order valence-electron chi connectivity index (χ3n) is 4.05. The van der Waals surface area contributed by atoms with Crippen LogP contribution in [-0.4, -0.2) is 11.1 Å². The zero-order valence-electron chi connectivity index (χ0n) is 14.3. The Hall–Kier alpha value is -2.30. The molecule has 130 valence electrons. The average molecular weight is 332 g/mol. The topological polar surface area (TPSA) is 76.7 Å². The summed E-state index contributed by atoms with van der Waals surface area (Å²) in [5, 5.41) is 10.1. The number of hydrogen-bond acceptors (Lipinski definition) is 5. The Morgan fingerprint density at radius 2 is 1.88 bits per heavy atom. The predicted molar refractivity (Wildman–Crippen MR) is 92.5 cm³/mol. The first-order chi connectivity index (χ1) is 11.5. The van der Waals surface area contributed by atoms with E-state index in [2.05, 4.69) is 6.92 Å². The van der Waals surface area contributed by atoms with E-state index in [1.807, 2.05) is 0 Å². The average Bonchev–Trinajstić information content (AvgIpc) is 2.54. The molecule has 5 nitrogen and oxygen atoms in total. The van der Waals surface area contributed by atoms with E-state index in [4.69, 9.17) is 9.15 Å². The van der Waals surface area contributed by atoms with Gasteiger partial charge < -0.3 is 14.3 Å². The predicted octanol–water partition coefficient (Wildman–Crippen LogP) is 4.46. The van der Waals surface area contributed by atoms with Gasteiger partial charge in [0.2, 0.25) is 5.75 Å². The van der Waals surface area contributed by atoms with Crippen LogP contribution in [0.2, 0.25) is 0 Å². The van der Waals surface area contributed by atoms with E-state index < -0.39 is 11.6 Å². The Labute approximate surface area is 141 Å². The number of unbranched alkanes of at least 4 members (excludes halogenated alkanes) is 5. The van der Waals surface area contributed by atoms with Crippen molar-refractivity contribution in [3.8, 4) is 11.5 Å². The summed E-state index contributed by atoms with van der Waals surface area (Å²) < 4.78 is 10.4. The van der Waals surface area contributed by atoms with Crippen LogP contribution in [0.4, 0.5) is 0 Å². The summed E-state index contributed by atoms with van der Waals surface area (Å²) in [6.07, 6.45) is 6.74. The second-order valence-electron chi connectivity index (χ2n) is 6.02. The molecule has 0 aliphatic carbocycles. The summed E-state index contributed by atoms with van der Waals surface area (Å²) in [5.74, 6) is -0.471. The van der Waals surface area contributed by atoms with Gasteiger partial charge in [-0.25, -0.2) is 4.79 Å². The number of aryl methyl sites for hydroxylation is 1. The minimum absolute atomic E-state index is 0.0119. The van der Waals surface area contributed by atoms with Crippen LogP contribution in [0, 0.1) is 6.92 Å². The third kappa shape index (κ3) is 4.60. The van der Waals surface area contributed by atoms with Crippen molar-refractivity contribution in [3.63, 3.8) is 0 Å². The Bertz CT molecular complexity index is 760. The molecule has 0 saturated carbocycles. The quantitative estimate of drug-likeness (QED) is 0.438. The van der Waals surface area contributed by atoms with Crippen LogP contribution >= 0.6 is 0 Å². The van der Waals surface area contributed by atoms with Crippen LogP contribution in [0.25, 0.3) is 11.0 Å². The highest BCUT2D eigenvalue weighted by Gasteiger charge is 2.16. The summed E-state index contributed by atoms with van der Waals surface area (Å²) in [5.41, 5.74) is 0.104. The van der Waals surface area contributed by atoms with Crippen molar-refractivity contribution in [1.82, 2.24) is 0 Å². The largest absolute Gasteiger partial charge is 0.508 e. The molecule has 0 saturated heterocycles.